The maximum atomic E-state index is 5.25. The molecule has 70 valence electrons. The van der Waals surface area contributed by atoms with Gasteiger partial charge in [-0.05, 0) is 6.42 Å². The molecule has 0 amide bonds. The minimum absolute atomic E-state index is 0.437. The number of terminal acetylenes is 1. The predicted molar refractivity (Wildman–Crippen MR) is 56.5 cm³/mol. The van der Waals surface area contributed by atoms with Crippen molar-refractivity contribution in [1.82, 2.24) is 10.3 Å². The van der Waals surface area contributed by atoms with Crippen molar-refractivity contribution in [3.05, 3.63) is 16.6 Å². The normalized spacial score (nSPS) is 12.3. The molecule has 0 fully saturated rings. The summed E-state index contributed by atoms with van der Waals surface area (Å²) in [7, 11) is 0. The molecule has 0 radical (unpaired) electrons. The molecule has 1 aromatic heterocycles. The zero-order valence-electron chi connectivity index (χ0n) is 7.79. The molecule has 1 heterocycles. The standard InChI is InChI=1S/C10H14N2S/c1-3-5-9(4-2)12-7-10-6-11-8-13-10/h1,6,8-9,12H,4-5,7H2,2H3. The monoisotopic (exact) mass is 194 g/mol. The van der Waals surface area contributed by atoms with Gasteiger partial charge in [-0.1, -0.05) is 6.92 Å². The number of nitrogens with zero attached hydrogens (tertiary/aromatic N) is 1. The van der Waals surface area contributed by atoms with Gasteiger partial charge in [0.05, 0.1) is 5.51 Å². The van der Waals surface area contributed by atoms with Gasteiger partial charge in [0.15, 0.2) is 0 Å². The predicted octanol–water partition coefficient (Wildman–Crippen LogP) is 2.03. The Labute approximate surface area is 83.4 Å². The molecule has 0 bridgehead atoms. The lowest BCUT2D eigenvalue weighted by Gasteiger charge is -2.12. The smallest absolute Gasteiger partial charge is 0.0794 e. The van der Waals surface area contributed by atoms with E-state index >= 15 is 0 Å². The van der Waals surface area contributed by atoms with E-state index in [9.17, 15) is 0 Å². The Kier molecular flexibility index (Phi) is 4.52. The number of thiazole rings is 1. The van der Waals surface area contributed by atoms with Gasteiger partial charge >= 0.3 is 0 Å². The van der Waals surface area contributed by atoms with Crippen LogP contribution < -0.4 is 5.32 Å². The van der Waals surface area contributed by atoms with Crippen molar-refractivity contribution >= 4 is 11.3 Å². The fourth-order valence-electron chi connectivity index (χ4n) is 1.08. The first-order valence-corrected chi connectivity index (χ1v) is 5.29. The lowest BCUT2D eigenvalue weighted by molar-refractivity contribution is 0.509. The van der Waals surface area contributed by atoms with Crippen LogP contribution in [0.15, 0.2) is 11.7 Å². The summed E-state index contributed by atoms with van der Waals surface area (Å²) in [6.07, 6.45) is 9.02. The Balaban J connectivity index is 2.28. The maximum Gasteiger partial charge on any atom is 0.0794 e. The highest BCUT2D eigenvalue weighted by molar-refractivity contribution is 7.09. The summed E-state index contributed by atoms with van der Waals surface area (Å²) in [6, 6.07) is 0.437. The minimum Gasteiger partial charge on any atom is -0.308 e. The van der Waals surface area contributed by atoms with E-state index in [0.717, 1.165) is 19.4 Å². The average molecular weight is 194 g/mol. The first kappa shape index (κ1) is 10.2. The van der Waals surface area contributed by atoms with E-state index in [0.29, 0.717) is 6.04 Å². The lowest BCUT2D eigenvalue weighted by Crippen LogP contribution is -2.26. The van der Waals surface area contributed by atoms with E-state index in [2.05, 4.69) is 23.1 Å². The fraction of sp³-hybridized carbons (Fsp3) is 0.500. The Morgan fingerprint density at radius 3 is 3.15 bits per heavy atom. The van der Waals surface area contributed by atoms with Crippen LogP contribution in [0, 0.1) is 12.3 Å². The summed E-state index contributed by atoms with van der Waals surface area (Å²) < 4.78 is 0. The molecule has 0 saturated carbocycles. The van der Waals surface area contributed by atoms with Crippen LogP contribution in [-0.4, -0.2) is 11.0 Å². The van der Waals surface area contributed by atoms with Crippen LogP contribution in [-0.2, 0) is 6.54 Å². The third-order valence-electron chi connectivity index (χ3n) is 1.91. The fourth-order valence-corrected chi connectivity index (χ4v) is 1.62. The van der Waals surface area contributed by atoms with Crippen molar-refractivity contribution in [2.24, 2.45) is 0 Å². The number of rotatable bonds is 5. The van der Waals surface area contributed by atoms with Gasteiger partial charge in [-0.2, -0.15) is 0 Å². The molecule has 0 aliphatic carbocycles. The Morgan fingerprint density at radius 1 is 1.77 bits per heavy atom. The third-order valence-corrected chi connectivity index (χ3v) is 2.69. The quantitative estimate of drug-likeness (QED) is 0.725. The second kappa shape index (κ2) is 5.74. The van der Waals surface area contributed by atoms with Crippen LogP contribution in [0.25, 0.3) is 0 Å². The van der Waals surface area contributed by atoms with Crippen LogP contribution in [0.1, 0.15) is 24.6 Å². The van der Waals surface area contributed by atoms with Crippen LogP contribution in [0.2, 0.25) is 0 Å². The highest BCUT2D eigenvalue weighted by atomic mass is 32.1. The van der Waals surface area contributed by atoms with Crippen molar-refractivity contribution < 1.29 is 0 Å². The van der Waals surface area contributed by atoms with Gasteiger partial charge < -0.3 is 5.32 Å². The third kappa shape index (κ3) is 3.58. The molecule has 1 rings (SSSR count). The van der Waals surface area contributed by atoms with Crippen LogP contribution in [0.4, 0.5) is 0 Å². The summed E-state index contributed by atoms with van der Waals surface area (Å²) in [5, 5.41) is 3.40. The number of nitrogens with one attached hydrogen (secondary N) is 1. The highest BCUT2D eigenvalue weighted by Crippen LogP contribution is 2.06. The van der Waals surface area contributed by atoms with Gasteiger partial charge in [0.1, 0.15) is 0 Å². The van der Waals surface area contributed by atoms with E-state index in [1.165, 1.54) is 4.88 Å². The molecule has 13 heavy (non-hydrogen) atoms. The van der Waals surface area contributed by atoms with Crippen LogP contribution in [0.3, 0.4) is 0 Å². The van der Waals surface area contributed by atoms with Crippen LogP contribution >= 0.6 is 11.3 Å². The van der Waals surface area contributed by atoms with Gasteiger partial charge in [-0.25, -0.2) is 0 Å². The van der Waals surface area contributed by atoms with E-state index in [4.69, 9.17) is 6.42 Å². The number of aromatic nitrogens is 1. The summed E-state index contributed by atoms with van der Waals surface area (Å²) in [5.74, 6) is 2.67. The molecule has 1 N–H and O–H groups in total. The van der Waals surface area contributed by atoms with Gasteiger partial charge in [-0.15, -0.1) is 23.7 Å². The first-order valence-electron chi connectivity index (χ1n) is 4.41. The molecule has 0 saturated heterocycles. The molecule has 0 spiro atoms. The molecule has 0 aromatic carbocycles. The summed E-state index contributed by atoms with van der Waals surface area (Å²) in [5.41, 5.74) is 1.85. The zero-order valence-corrected chi connectivity index (χ0v) is 8.60. The lowest BCUT2D eigenvalue weighted by atomic mass is 10.1. The molecule has 3 heteroatoms. The van der Waals surface area contributed by atoms with Gasteiger partial charge in [-0.3, -0.25) is 4.98 Å². The second-order valence-electron chi connectivity index (χ2n) is 2.86. The van der Waals surface area contributed by atoms with Crippen molar-refractivity contribution in [2.75, 3.05) is 0 Å². The Bertz CT molecular complexity index is 261. The summed E-state index contributed by atoms with van der Waals surface area (Å²) in [6.45, 7) is 3.02. The molecule has 0 aliphatic heterocycles. The highest BCUT2D eigenvalue weighted by Gasteiger charge is 2.03. The molecule has 2 nitrogen and oxygen atoms in total. The zero-order chi connectivity index (χ0) is 9.52. The van der Waals surface area contributed by atoms with Gasteiger partial charge in [0.2, 0.25) is 0 Å². The van der Waals surface area contributed by atoms with E-state index < -0.39 is 0 Å². The average Bonchev–Trinajstić information content (AvgIpc) is 2.64. The molecule has 1 aromatic rings. The topological polar surface area (TPSA) is 24.9 Å². The molecule has 0 aliphatic rings. The SMILES string of the molecule is C#CCC(CC)NCc1cncs1. The second-order valence-corrected chi connectivity index (χ2v) is 3.83. The van der Waals surface area contributed by atoms with E-state index in [1.54, 1.807) is 11.3 Å². The molecule has 1 atom stereocenters. The number of hydrogen-bond donors (Lipinski definition) is 1. The Morgan fingerprint density at radius 2 is 2.62 bits per heavy atom. The first-order chi connectivity index (χ1) is 6.36. The maximum absolute atomic E-state index is 5.25. The molecular weight excluding hydrogens is 180 g/mol. The van der Waals surface area contributed by atoms with Gasteiger partial charge in [0.25, 0.3) is 0 Å². The Hall–Kier alpha value is -0.850. The van der Waals surface area contributed by atoms with Crippen molar-refractivity contribution in [3.8, 4) is 12.3 Å². The summed E-state index contributed by atoms with van der Waals surface area (Å²) >= 11 is 1.67. The van der Waals surface area contributed by atoms with Crippen molar-refractivity contribution in [1.29, 1.82) is 0 Å². The van der Waals surface area contributed by atoms with Crippen molar-refractivity contribution in [3.63, 3.8) is 0 Å². The summed E-state index contributed by atoms with van der Waals surface area (Å²) in [4.78, 5) is 5.27. The van der Waals surface area contributed by atoms with E-state index in [-0.39, 0.29) is 0 Å². The van der Waals surface area contributed by atoms with E-state index in [1.807, 2.05) is 11.7 Å². The molecular formula is C10H14N2S. The largest absolute Gasteiger partial charge is 0.308 e. The number of hydrogen-bond acceptors (Lipinski definition) is 3. The minimum atomic E-state index is 0.437. The van der Waals surface area contributed by atoms with Crippen LogP contribution in [0.5, 0.6) is 0 Å². The van der Waals surface area contributed by atoms with Crippen molar-refractivity contribution in [2.45, 2.75) is 32.4 Å². The molecule has 1 unspecified atom stereocenters. The van der Waals surface area contributed by atoms with Gasteiger partial charge in [0, 0.05) is 30.1 Å².